The summed E-state index contributed by atoms with van der Waals surface area (Å²) in [6, 6.07) is 4.63. The third-order valence-electron chi connectivity index (χ3n) is 2.91. The highest BCUT2D eigenvalue weighted by Gasteiger charge is 2.23. The van der Waals surface area contributed by atoms with Crippen LogP contribution in [0.1, 0.15) is 26.2 Å². The Labute approximate surface area is 79.4 Å². The van der Waals surface area contributed by atoms with Gasteiger partial charge in [-0.3, -0.25) is 4.98 Å². The standard InChI is InChI=1S/C11H16N2/c1-9(10-4-2-5-10)13-11-6-3-7-12-8-11/h3,6-10,13H,2,4-5H2,1H3. The number of aromatic nitrogens is 1. The monoisotopic (exact) mass is 176 g/mol. The van der Waals surface area contributed by atoms with Crippen molar-refractivity contribution in [3.05, 3.63) is 24.5 Å². The Kier molecular flexibility index (Phi) is 2.48. The molecule has 2 nitrogen and oxygen atoms in total. The van der Waals surface area contributed by atoms with E-state index in [-0.39, 0.29) is 0 Å². The average Bonchev–Trinajstić information content (AvgIpc) is 2.02. The molecule has 0 radical (unpaired) electrons. The van der Waals surface area contributed by atoms with Gasteiger partial charge in [0.15, 0.2) is 0 Å². The second-order valence-electron chi connectivity index (χ2n) is 3.87. The van der Waals surface area contributed by atoms with Crippen molar-refractivity contribution in [3.8, 4) is 0 Å². The summed E-state index contributed by atoms with van der Waals surface area (Å²) >= 11 is 0. The molecule has 1 fully saturated rings. The van der Waals surface area contributed by atoms with Crippen LogP contribution in [0, 0.1) is 5.92 Å². The van der Waals surface area contributed by atoms with Gasteiger partial charge in [-0.1, -0.05) is 6.42 Å². The minimum Gasteiger partial charge on any atom is -0.381 e. The summed E-state index contributed by atoms with van der Waals surface area (Å²) < 4.78 is 0. The van der Waals surface area contributed by atoms with Gasteiger partial charge in [0.2, 0.25) is 0 Å². The van der Waals surface area contributed by atoms with Crippen LogP contribution < -0.4 is 5.32 Å². The van der Waals surface area contributed by atoms with Crippen LogP contribution in [-0.2, 0) is 0 Å². The summed E-state index contributed by atoms with van der Waals surface area (Å²) in [5.41, 5.74) is 1.14. The van der Waals surface area contributed by atoms with E-state index in [9.17, 15) is 0 Å². The lowest BCUT2D eigenvalue weighted by atomic mass is 9.80. The molecule has 0 aliphatic heterocycles. The first-order valence-corrected chi connectivity index (χ1v) is 5.03. The van der Waals surface area contributed by atoms with Gasteiger partial charge >= 0.3 is 0 Å². The summed E-state index contributed by atoms with van der Waals surface area (Å²) in [4.78, 5) is 4.08. The molecule has 1 aromatic heterocycles. The van der Waals surface area contributed by atoms with Gasteiger partial charge in [0.05, 0.1) is 5.69 Å². The number of pyridine rings is 1. The summed E-state index contributed by atoms with van der Waals surface area (Å²) in [6.45, 7) is 2.26. The van der Waals surface area contributed by atoms with E-state index < -0.39 is 0 Å². The molecule has 1 atom stereocenters. The van der Waals surface area contributed by atoms with Crippen molar-refractivity contribution < 1.29 is 0 Å². The summed E-state index contributed by atoms with van der Waals surface area (Å²) in [5.74, 6) is 0.875. The Morgan fingerprint density at radius 1 is 1.54 bits per heavy atom. The van der Waals surface area contributed by atoms with Crippen LogP contribution in [0.4, 0.5) is 5.69 Å². The van der Waals surface area contributed by atoms with Gasteiger partial charge in [0.1, 0.15) is 0 Å². The zero-order valence-electron chi connectivity index (χ0n) is 8.03. The molecular formula is C11H16N2. The zero-order valence-corrected chi connectivity index (χ0v) is 8.03. The predicted octanol–water partition coefficient (Wildman–Crippen LogP) is 2.68. The van der Waals surface area contributed by atoms with E-state index in [4.69, 9.17) is 0 Å². The van der Waals surface area contributed by atoms with Crippen molar-refractivity contribution in [2.45, 2.75) is 32.2 Å². The fourth-order valence-corrected chi connectivity index (χ4v) is 1.77. The van der Waals surface area contributed by atoms with E-state index in [0.717, 1.165) is 11.6 Å². The first-order valence-electron chi connectivity index (χ1n) is 5.03. The molecule has 13 heavy (non-hydrogen) atoms. The molecule has 0 spiro atoms. The van der Waals surface area contributed by atoms with Crippen molar-refractivity contribution in [1.82, 2.24) is 4.98 Å². The maximum atomic E-state index is 4.08. The normalized spacial score (nSPS) is 19.2. The van der Waals surface area contributed by atoms with Gasteiger partial charge in [-0.15, -0.1) is 0 Å². The first kappa shape index (κ1) is 8.54. The van der Waals surface area contributed by atoms with E-state index in [2.05, 4.69) is 23.3 Å². The minimum atomic E-state index is 0.595. The van der Waals surface area contributed by atoms with Crippen molar-refractivity contribution in [1.29, 1.82) is 0 Å². The van der Waals surface area contributed by atoms with Gasteiger partial charge in [-0.05, 0) is 37.8 Å². The van der Waals surface area contributed by atoms with Gasteiger partial charge in [0, 0.05) is 18.4 Å². The van der Waals surface area contributed by atoms with Crippen LogP contribution in [0.15, 0.2) is 24.5 Å². The summed E-state index contributed by atoms with van der Waals surface area (Å²) in [6.07, 6.45) is 7.86. The van der Waals surface area contributed by atoms with Crippen LogP contribution in [-0.4, -0.2) is 11.0 Å². The molecule has 0 amide bonds. The number of nitrogens with zero attached hydrogens (tertiary/aromatic N) is 1. The Balaban J connectivity index is 1.90. The second kappa shape index (κ2) is 3.77. The molecule has 1 heterocycles. The smallest absolute Gasteiger partial charge is 0.0528 e. The SMILES string of the molecule is CC(Nc1cccnc1)C1CCC1. The lowest BCUT2D eigenvalue weighted by molar-refractivity contribution is 0.285. The predicted molar refractivity (Wildman–Crippen MR) is 54.7 cm³/mol. The Bertz CT molecular complexity index is 254. The number of hydrogen-bond acceptors (Lipinski definition) is 2. The molecule has 2 rings (SSSR count). The van der Waals surface area contributed by atoms with E-state index in [1.165, 1.54) is 19.3 Å². The molecule has 1 aliphatic rings. The molecule has 1 saturated carbocycles. The molecule has 1 N–H and O–H groups in total. The molecule has 1 aromatic rings. The molecule has 0 saturated heterocycles. The van der Waals surface area contributed by atoms with Crippen LogP contribution in [0.25, 0.3) is 0 Å². The molecular weight excluding hydrogens is 160 g/mol. The van der Waals surface area contributed by atoms with E-state index in [0.29, 0.717) is 6.04 Å². The molecule has 0 bridgehead atoms. The topological polar surface area (TPSA) is 24.9 Å². The Hall–Kier alpha value is -1.05. The fourth-order valence-electron chi connectivity index (χ4n) is 1.77. The van der Waals surface area contributed by atoms with Gasteiger partial charge < -0.3 is 5.32 Å². The number of rotatable bonds is 3. The minimum absolute atomic E-state index is 0.595. The first-order chi connectivity index (χ1) is 6.36. The lowest BCUT2D eigenvalue weighted by Gasteiger charge is -2.32. The summed E-state index contributed by atoms with van der Waals surface area (Å²) in [7, 11) is 0. The number of hydrogen-bond donors (Lipinski definition) is 1. The molecule has 0 aromatic carbocycles. The molecule has 1 unspecified atom stereocenters. The fraction of sp³-hybridized carbons (Fsp3) is 0.545. The van der Waals surface area contributed by atoms with Crippen LogP contribution in [0.5, 0.6) is 0 Å². The quantitative estimate of drug-likeness (QED) is 0.766. The number of anilines is 1. The Morgan fingerprint density at radius 2 is 2.38 bits per heavy atom. The van der Waals surface area contributed by atoms with Crippen LogP contribution in [0.2, 0.25) is 0 Å². The maximum Gasteiger partial charge on any atom is 0.0528 e. The van der Waals surface area contributed by atoms with Crippen molar-refractivity contribution in [2.75, 3.05) is 5.32 Å². The highest BCUT2D eigenvalue weighted by atomic mass is 14.9. The molecule has 1 aliphatic carbocycles. The van der Waals surface area contributed by atoms with Crippen molar-refractivity contribution in [3.63, 3.8) is 0 Å². The third kappa shape index (κ3) is 2.00. The van der Waals surface area contributed by atoms with Crippen molar-refractivity contribution >= 4 is 5.69 Å². The van der Waals surface area contributed by atoms with Gasteiger partial charge in [-0.25, -0.2) is 0 Å². The van der Waals surface area contributed by atoms with Crippen molar-refractivity contribution in [2.24, 2.45) is 5.92 Å². The van der Waals surface area contributed by atoms with E-state index >= 15 is 0 Å². The number of nitrogens with one attached hydrogen (secondary N) is 1. The second-order valence-corrected chi connectivity index (χ2v) is 3.87. The third-order valence-corrected chi connectivity index (χ3v) is 2.91. The van der Waals surface area contributed by atoms with E-state index in [1.54, 1.807) is 6.20 Å². The zero-order chi connectivity index (χ0) is 9.10. The van der Waals surface area contributed by atoms with Gasteiger partial charge in [-0.2, -0.15) is 0 Å². The van der Waals surface area contributed by atoms with E-state index in [1.807, 2.05) is 12.3 Å². The highest BCUT2D eigenvalue weighted by Crippen LogP contribution is 2.30. The largest absolute Gasteiger partial charge is 0.381 e. The molecule has 70 valence electrons. The highest BCUT2D eigenvalue weighted by molar-refractivity contribution is 5.40. The maximum absolute atomic E-state index is 4.08. The van der Waals surface area contributed by atoms with Gasteiger partial charge in [0.25, 0.3) is 0 Å². The average molecular weight is 176 g/mol. The molecule has 2 heteroatoms. The lowest BCUT2D eigenvalue weighted by Crippen LogP contribution is -2.30. The summed E-state index contributed by atoms with van der Waals surface area (Å²) in [5, 5.41) is 3.48. The van der Waals surface area contributed by atoms with Crippen LogP contribution in [0.3, 0.4) is 0 Å². The Morgan fingerprint density at radius 3 is 2.92 bits per heavy atom. The van der Waals surface area contributed by atoms with Crippen LogP contribution >= 0.6 is 0 Å².